The van der Waals surface area contributed by atoms with Crippen molar-refractivity contribution in [3.05, 3.63) is 129 Å². The number of benzene rings is 3. The maximum absolute atomic E-state index is 12.7. The first-order valence-corrected chi connectivity index (χ1v) is 13.6. The molecule has 0 radical (unpaired) electrons. The molecule has 0 unspecified atom stereocenters. The summed E-state index contributed by atoms with van der Waals surface area (Å²) in [5.74, 6) is 0.809. The Morgan fingerprint density at radius 1 is 0.842 bits per heavy atom. The Morgan fingerprint density at radius 2 is 1.53 bits per heavy atom. The Hall–Kier alpha value is -3.05. The number of furan rings is 1. The van der Waals surface area contributed by atoms with Gasteiger partial charge in [0.2, 0.25) is 0 Å². The number of hydrogen-bond acceptors (Lipinski definition) is 3. The maximum Gasteiger partial charge on any atom is 0.287 e. The smallest absolute Gasteiger partial charge is 0.287 e. The van der Waals surface area contributed by atoms with Crippen LogP contribution in [0.4, 0.5) is 0 Å². The molecule has 0 fully saturated rings. The highest BCUT2D eigenvalue weighted by molar-refractivity contribution is 6.35. The van der Waals surface area contributed by atoms with Gasteiger partial charge in [0, 0.05) is 29.7 Å². The molecule has 1 heterocycles. The van der Waals surface area contributed by atoms with Gasteiger partial charge in [0.15, 0.2) is 5.76 Å². The lowest BCUT2D eigenvalue weighted by Crippen LogP contribution is -2.25. The van der Waals surface area contributed by atoms with E-state index in [1.165, 1.54) is 16.7 Å². The number of amides is 1. The van der Waals surface area contributed by atoms with E-state index in [9.17, 15) is 4.79 Å². The summed E-state index contributed by atoms with van der Waals surface area (Å²) in [4.78, 5) is 15.0. The first-order chi connectivity index (χ1) is 18.2. The molecular weight excluding hydrogens is 515 g/mol. The molecule has 0 aliphatic heterocycles. The zero-order valence-electron chi connectivity index (χ0n) is 22.1. The molecule has 0 saturated heterocycles. The van der Waals surface area contributed by atoms with Crippen LogP contribution in [-0.2, 0) is 31.5 Å². The lowest BCUT2D eigenvalue weighted by Gasteiger charge is -2.23. The van der Waals surface area contributed by atoms with Gasteiger partial charge in [-0.05, 0) is 58.4 Å². The third-order valence-corrected chi connectivity index (χ3v) is 7.02. The van der Waals surface area contributed by atoms with E-state index in [4.69, 9.17) is 27.6 Å². The van der Waals surface area contributed by atoms with Crippen LogP contribution in [0.25, 0.3) is 0 Å². The molecule has 1 amide bonds. The predicted molar refractivity (Wildman–Crippen MR) is 156 cm³/mol. The Morgan fingerprint density at radius 3 is 2.18 bits per heavy atom. The second-order valence-electron chi connectivity index (χ2n) is 10.6. The molecule has 1 N–H and O–H groups in total. The zero-order chi connectivity index (χ0) is 27.1. The summed E-state index contributed by atoms with van der Waals surface area (Å²) in [5.41, 5.74) is 4.83. The molecule has 0 atom stereocenters. The van der Waals surface area contributed by atoms with Gasteiger partial charge in [-0.2, -0.15) is 0 Å². The number of halogens is 2. The van der Waals surface area contributed by atoms with Gasteiger partial charge in [0.25, 0.3) is 5.91 Å². The third kappa shape index (κ3) is 7.97. The van der Waals surface area contributed by atoms with E-state index in [-0.39, 0.29) is 11.3 Å². The Balaban J connectivity index is 1.39. The van der Waals surface area contributed by atoms with Crippen LogP contribution in [0, 0.1) is 0 Å². The summed E-state index contributed by atoms with van der Waals surface area (Å²) < 4.78 is 5.96. The quantitative estimate of drug-likeness (QED) is 0.218. The van der Waals surface area contributed by atoms with Crippen LogP contribution in [0.1, 0.15) is 59.3 Å². The second kappa shape index (κ2) is 12.7. The van der Waals surface area contributed by atoms with Crippen LogP contribution >= 0.6 is 23.2 Å². The summed E-state index contributed by atoms with van der Waals surface area (Å²) in [5, 5.41) is 4.10. The second-order valence-corrected chi connectivity index (χ2v) is 11.4. The average Bonchev–Trinajstić information content (AvgIpc) is 3.34. The third-order valence-electron chi connectivity index (χ3n) is 6.44. The maximum atomic E-state index is 12.7. The van der Waals surface area contributed by atoms with Gasteiger partial charge < -0.3 is 9.73 Å². The number of carbonyl (C=O) groups excluding carboxylic acids is 1. The summed E-state index contributed by atoms with van der Waals surface area (Å²) in [6.07, 6.45) is 0.605. The predicted octanol–water partition coefficient (Wildman–Crippen LogP) is 8.06. The zero-order valence-corrected chi connectivity index (χ0v) is 23.6. The minimum atomic E-state index is -0.242. The standard InChI is InChI=1S/C32H34Cl2N2O2/c1-32(2,3)26-12-9-24(10-13-26)21-36(20-23-7-5-4-6-8-23)22-28-15-16-30(38-28)31(37)35-18-17-25-11-14-27(33)19-29(25)34/h4-16,19H,17-18,20-22H2,1-3H3,(H,35,37). The molecule has 4 rings (SSSR count). The summed E-state index contributed by atoms with van der Waals surface area (Å²) in [6.45, 7) is 9.24. The highest BCUT2D eigenvalue weighted by atomic mass is 35.5. The molecule has 38 heavy (non-hydrogen) atoms. The van der Waals surface area contributed by atoms with E-state index in [0.29, 0.717) is 35.3 Å². The van der Waals surface area contributed by atoms with E-state index in [1.807, 2.05) is 18.2 Å². The first kappa shape index (κ1) is 28.0. The van der Waals surface area contributed by atoms with Crippen molar-refractivity contribution in [2.75, 3.05) is 6.54 Å². The largest absolute Gasteiger partial charge is 0.455 e. The normalized spacial score (nSPS) is 11.6. The highest BCUT2D eigenvalue weighted by Crippen LogP contribution is 2.24. The molecule has 6 heteroatoms. The Kier molecular flexibility index (Phi) is 9.32. The number of nitrogens with one attached hydrogen (secondary N) is 1. The molecule has 0 aliphatic rings. The van der Waals surface area contributed by atoms with E-state index in [2.05, 4.69) is 79.5 Å². The lowest BCUT2D eigenvalue weighted by molar-refractivity contribution is 0.0922. The number of hydrogen-bond donors (Lipinski definition) is 1. The number of rotatable bonds is 10. The van der Waals surface area contributed by atoms with Gasteiger partial charge >= 0.3 is 0 Å². The average molecular weight is 550 g/mol. The molecule has 3 aromatic carbocycles. The molecule has 0 saturated carbocycles. The summed E-state index contributed by atoms with van der Waals surface area (Å²) >= 11 is 12.2. The van der Waals surface area contributed by atoms with Crippen LogP contribution in [0.5, 0.6) is 0 Å². The van der Waals surface area contributed by atoms with Crippen molar-refractivity contribution in [2.45, 2.75) is 52.2 Å². The molecule has 198 valence electrons. The molecule has 0 spiro atoms. The van der Waals surface area contributed by atoms with Gasteiger partial charge in [-0.1, -0.05) is 105 Å². The molecule has 4 nitrogen and oxygen atoms in total. The van der Waals surface area contributed by atoms with Gasteiger partial charge in [0.05, 0.1) is 6.54 Å². The Bertz CT molecular complexity index is 1340. The van der Waals surface area contributed by atoms with Gasteiger partial charge in [-0.15, -0.1) is 0 Å². The number of nitrogens with zero attached hydrogens (tertiary/aromatic N) is 1. The van der Waals surface area contributed by atoms with Gasteiger partial charge in [-0.3, -0.25) is 9.69 Å². The summed E-state index contributed by atoms with van der Waals surface area (Å²) in [7, 11) is 0. The molecule has 0 bridgehead atoms. The van der Waals surface area contributed by atoms with Crippen LogP contribution in [0.2, 0.25) is 10.0 Å². The van der Waals surface area contributed by atoms with Crippen molar-refractivity contribution < 1.29 is 9.21 Å². The van der Waals surface area contributed by atoms with Crippen LogP contribution in [0.3, 0.4) is 0 Å². The van der Waals surface area contributed by atoms with E-state index >= 15 is 0 Å². The van der Waals surface area contributed by atoms with Crippen LogP contribution in [0.15, 0.2) is 89.3 Å². The SMILES string of the molecule is CC(C)(C)c1ccc(CN(Cc2ccccc2)Cc2ccc(C(=O)NCCc3ccc(Cl)cc3Cl)o2)cc1. The molecule has 1 aromatic heterocycles. The molecular formula is C32H34Cl2N2O2. The van der Waals surface area contributed by atoms with Crippen molar-refractivity contribution >= 4 is 29.1 Å². The fourth-order valence-electron chi connectivity index (χ4n) is 4.31. The van der Waals surface area contributed by atoms with E-state index in [1.54, 1.807) is 18.2 Å². The lowest BCUT2D eigenvalue weighted by atomic mass is 9.87. The first-order valence-electron chi connectivity index (χ1n) is 12.8. The van der Waals surface area contributed by atoms with Crippen molar-refractivity contribution in [1.29, 1.82) is 0 Å². The fourth-order valence-corrected chi connectivity index (χ4v) is 4.81. The van der Waals surface area contributed by atoms with Crippen molar-refractivity contribution in [3.63, 3.8) is 0 Å². The molecule has 4 aromatic rings. The van der Waals surface area contributed by atoms with Gasteiger partial charge in [0.1, 0.15) is 5.76 Å². The van der Waals surface area contributed by atoms with Crippen LogP contribution in [-0.4, -0.2) is 17.4 Å². The van der Waals surface area contributed by atoms with Crippen molar-refractivity contribution in [2.24, 2.45) is 0 Å². The van der Waals surface area contributed by atoms with Crippen LogP contribution < -0.4 is 5.32 Å². The van der Waals surface area contributed by atoms with E-state index < -0.39 is 0 Å². The summed E-state index contributed by atoms with van der Waals surface area (Å²) in [6, 6.07) is 28.2. The monoisotopic (exact) mass is 548 g/mol. The van der Waals surface area contributed by atoms with Crippen molar-refractivity contribution in [1.82, 2.24) is 10.2 Å². The topological polar surface area (TPSA) is 45.5 Å². The Labute approximate surface area is 235 Å². The minimum Gasteiger partial charge on any atom is -0.455 e. The number of carbonyl (C=O) groups is 1. The fraction of sp³-hybridized carbons (Fsp3) is 0.281. The van der Waals surface area contributed by atoms with E-state index in [0.717, 1.165) is 24.4 Å². The highest BCUT2D eigenvalue weighted by Gasteiger charge is 2.16. The van der Waals surface area contributed by atoms with Crippen molar-refractivity contribution in [3.8, 4) is 0 Å². The van der Waals surface area contributed by atoms with Gasteiger partial charge in [-0.25, -0.2) is 0 Å². The minimum absolute atomic E-state index is 0.120. The molecule has 0 aliphatic carbocycles.